The van der Waals surface area contributed by atoms with Crippen LogP contribution in [-0.4, -0.2) is 13.2 Å². The largest absolute Gasteiger partial charge is 0.486 e. The van der Waals surface area contributed by atoms with Crippen LogP contribution in [0.5, 0.6) is 5.75 Å². The highest BCUT2D eigenvalue weighted by Gasteiger charge is 2.22. The highest BCUT2D eigenvalue weighted by Crippen LogP contribution is 2.36. The number of fused-ring (bicyclic) bond motifs is 1. The lowest BCUT2D eigenvalue weighted by atomic mass is 9.87. The van der Waals surface area contributed by atoms with E-state index < -0.39 is 0 Å². The first-order chi connectivity index (χ1) is 9.38. The van der Waals surface area contributed by atoms with E-state index in [4.69, 9.17) is 4.74 Å². The van der Waals surface area contributed by atoms with E-state index >= 15 is 0 Å². The fourth-order valence-electron chi connectivity index (χ4n) is 3.27. The van der Waals surface area contributed by atoms with Crippen molar-refractivity contribution in [2.75, 3.05) is 7.05 Å². The molecular formula is C17H23NO. The number of rotatable bonds is 3. The van der Waals surface area contributed by atoms with E-state index in [1.807, 2.05) is 0 Å². The normalized spacial score (nSPS) is 25.9. The van der Waals surface area contributed by atoms with Crippen LogP contribution in [0, 0.1) is 0 Å². The van der Waals surface area contributed by atoms with Gasteiger partial charge < -0.3 is 10.1 Å². The summed E-state index contributed by atoms with van der Waals surface area (Å²) in [5, 5.41) is 3.42. The van der Waals surface area contributed by atoms with Gasteiger partial charge in [-0.05, 0) is 68.8 Å². The minimum atomic E-state index is 0.273. The molecule has 2 unspecified atom stereocenters. The molecule has 2 atom stereocenters. The summed E-state index contributed by atoms with van der Waals surface area (Å²) >= 11 is 0. The molecule has 1 N–H and O–H groups in total. The summed E-state index contributed by atoms with van der Waals surface area (Å²) in [6.07, 6.45) is 12.0. The van der Waals surface area contributed by atoms with E-state index in [0.717, 1.165) is 18.6 Å². The summed E-state index contributed by atoms with van der Waals surface area (Å²) in [6, 6.07) is 7.02. The van der Waals surface area contributed by atoms with Crippen molar-refractivity contribution in [1.29, 1.82) is 0 Å². The molecule has 0 saturated heterocycles. The standard InChI is InChI=1S/C17H23NO/c1-18-16-11-5-10-15-14(16)9-6-12-17(15)19-13-7-3-2-4-8-13/h3,6-7,9,12-13,16,18H,2,4-5,8,10-11H2,1H3. The van der Waals surface area contributed by atoms with Crippen LogP contribution in [-0.2, 0) is 6.42 Å². The Morgan fingerprint density at radius 1 is 1.21 bits per heavy atom. The zero-order valence-electron chi connectivity index (χ0n) is 11.7. The van der Waals surface area contributed by atoms with Gasteiger partial charge in [0.2, 0.25) is 0 Å². The molecule has 2 aliphatic carbocycles. The average molecular weight is 257 g/mol. The second-order valence-corrected chi connectivity index (χ2v) is 5.57. The molecule has 0 spiro atoms. The van der Waals surface area contributed by atoms with Gasteiger partial charge in [-0.15, -0.1) is 0 Å². The molecule has 0 aromatic heterocycles. The molecule has 0 heterocycles. The van der Waals surface area contributed by atoms with Gasteiger partial charge in [-0.2, -0.15) is 0 Å². The first-order valence-electron chi connectivity index (χ1n) is 7.51. The maximum absolute atomic E-state index is 6.23. The second kappa shape index (κ2) is 5.79. The molecule has 102 valence electrons. The van der Waals surface area contributed by atoms with Gasteiger partial charge in [0.15, 0.2) is 0 Å². The van der Waals surface area contributed by atoms with Crippen LogP contribution < -0.4 is 10.1 Å². The predicted octanol–water partition coefficient (Wildman–Crippen LogP) is 3.77. The van der Waals surface area contributed by atoms with E-state index in [2.05, 4.69) is 42.7 Å². The molecular weight excluding hydrogens is 234 g/mol. The molecule has 2 aliphatic rings. The molecule has 0 aliphatic heterocycles. The Balaban J connectivity index is 1.85. The molecule has 3 rings (SSSR count). The van der Waals surface area contributed by atoms with Crippen molar-refractivity contribution in [2.24, 2.45) is 0 Å². The zero-order chi connectivity index (χ0) is 13.1. The van der Waals surface area contributed by atoms with Crippen LogP contribution in [0.25, 0.3) is 0 Å². The topological polar surface area (TPSA) is 21.3 Å². The summed E-state index contributed by atoms with van der Waals surface area (Å²) in [4.78, 5) is 0. The monoisotopic (exact) mass is 257 g/mol. The van der Waals surface area contributed by atoms with E-state index in [1.165, 1.54) is 36.8 Å². The highest BCUT2D eigenvalue weighted by molar-refractivity contribution is 5.43. The minimum Gasteiger partial charge on any atom is -0.486 e. The van der Waals surface area contributed by atoms with Crippen LogP contribution in [0.15, 0.2) is 30.4 Å². The van der Waals surface area contributed by atoms with Gasteiger partial charge in [0.1, 0.15) is 11.9 Å². The molecule has 2 heteroatoms. The number of nitrogens with one attached hydrogen (secondary N) is 1. The van der Waals surface area contributed by atoms with Crippen LogP contribution >= 0.6 is 0 Å². The number of hydrogen-bond donors (Lipinski definition) is 1. The van der Waals surface area contributed by atoms with Crippen molar-refractivity contribution in [2.45, 2.75) is 50.7 Å². The SMILES string of the molecule is CNC1CCCc2c(OC3C=CCCC3)cccc21. The van der Waals surface area contributed by atoms with Gasteiger partial charge >= 0.3 is 0 Å². The molecule has 0 fully saturated rings. The molecule has 0 amide bonds. The third kappa shape index (κ3) is 2.69. The Labute approximate surface area is 115 Å². The summed E-state index contributed by atoms with van der Waals surface area (Å²) in [7, 11) is 2.05. The van der Waals surface area contributed by atoms with Crippen molar-refractivity contribution >= 4 is 0 Å². The van der Waals surface area contributed by atoms with Gasteiger partial charge in [0, 0.05) is 6.04 Å². The molecule has 0 bridgehead atoms. The summed E-state index contributed by atoms with van der Waals surface area (Å²) < 4.78 is 6.23. The average Bonchev–Trinajstić information content (AvgIpc) is 2.48. The number of allylic oxidation sites excluding steroid dienone is 1. The fraction of sp³-hybridized carbons (Fsp3) is 0.529. The molecule has 1 aromatic rings. The molecule has 19 heavy (non-hydrogen) atoms. The lowest BCUT2D eigenvalue weighted by molar-refractivity contribution is 0.226. The van der Waals surface area contributed by atoms with Crippen molar-refractivity contribution in [3.05, 3.63) is 41.5 Å². The number of benzene rings is 1. The predicted molar refractivity (Wildman–Crippen MR) is 78.6 cm³/mol. The summed E-state index contributed by atoms with van der Waals surface area (Å²) in [5.74, 6) is 1.11. The third-order valence-corrected chi connectivity index (χ3v) is 4.30. The molecule has 2 nitrogen and oxygen atoms in total. The van der Waals surface area contributed by atoms with Gasteiger partial charge in [-0.25, -0.2) is 0 Å². The van der Waals surface area contributed by atoms with Crippen LogP contribution in [0.3, 0.4) is 0 Å². The summed E-state index contributed by atoms with van der Waals surface area (Å²) in [6.45, 7) is 0. The lowest BCUT2D eigenvalue weighted by Crippen LogP contribution is -2.23. The fourth-order valence-corrected chi connectivity index (χ4v) is 3.27. The maximum Gasteiger partial charge on any atom is 0.123 e. The van der Waals surface area contributed by atoms with Crippen molar-refractivity contribution < 1.29 is 4.74 Å². The lowest BCUT2D eigenvalue weighted by Gasteiger charge is -2.28. The van der Waals surface area contributed by atoms with E-state index in [9.17, 15) is 0 Å². The van der Waals surface area contributed by atoms with Gasteiger partial charge in [-0.3, -0.25) is 0 Å². The highest BCUT2D eigenvalue weighted by atomic mass is 16.5. The Bertz CT molecular complexity index is 466. The van der Waals surface area contributed by atoms with Crippen molar-refractivity contribution in [3.8, 4) is 5.75 Å². The van der Waals surface area contributed by atoms with Crippen molar-refractivity contribution in [1.82, 2.24) is 5.32 Å². The quantitative estimate of drug-likeness (QED) is 0.832. The minimum absolute atomic E-state index is 0.273. The smallest absolute Gasteiger partial charge is 0.123 e. The van der Waals surface area contributed by atoms with Gasteiger partial charge in [-0.1, -0.05) is 18.2 Å². The first kappa shape index (κ1) is 12.7. The number of ether oxygens (including phenoxy) is 1. The first-order valence-corrected chi connectivity index (χ1v) is 7.51. The Morgan fingerprint density at radius 3 is 2.95 bits per heavy atom. The Kier molecular flexibility index (Phi) is 3.88. The Morgan fingerprint density at radius 2 is 2.16 bits per heavy atom. The van der Waals surface area contributed by atoms with Crippen LogP contribution in [0.4, 0.5) is 0 Å². The van der Waals surface area contributed by atoms with Crippen LogP contribution in [0.2, 0.25) is 0 Å². The molecule has 0 saturated carbocycles. The Hall–Kier alpha value is -1.28. The van der Waals surface area contributed by atoms with Crippen LogP contribution in [0.1, 0.15) is 49.3 Å². The zero-order valence-corrected chi connectivity index (χ0v) is 11.7. The van der Waals surface area contributed by atoms with Gasteiger partial charge in [0.05, 0.1) is 0 Å². The second-order valence-electron chi connectivity index (χ2n) is 5.57. The number of hydrogen-bond acceptors (Lipinski definition) is 2. The third-order valence-electron chi connectivity index (χ3n) is 4.30. The van der Waals surface area contributed by atoms with Crippen molar-refractivity contribution in [3.63, 3.8) is 0 Å². The van der Waals surface area contributed by atoms with E-state index in [-0.39, 0.29) is 6.10 Å². The molecule has 1 aromatic carbocycles. The van der Waals surface area contributed by atoms with Gasteiger partial charge in [0.25, 0.3) is 0 Å². The molecule has 0 radical (unpaired) electrons. The van der Waals surface area contributed by atoms with E-state index in [1.54, 1.807) is 0 Å². The maximum atomic E-state index is 6.23. The van der Waals surface area contributed by atoms with E-state index in [0.29, 0.717) is 6.04 Å². The summed E-state index contributed by atoms with van der Waals surface area (Å²) in [5.41, 5.74) is 2.86.